The van der Waals surface area contributed by atoms with Crippen LogP contribution in [0.25, 0.3) is 0 Å². The molecular formula is H3Cl2PRa. The number of rotatable bonds is 0. The number of hydrogen-bond acceptors (Lipinski definition) is 0. The molecule has 0 bridgehead atoms. The summed E-state index contributed by atoms with van der Waals surface area (Å²) in [5, 5.41) is 0. The van der Waals surface area contributed by atoms with Crippen LogP contribution in [0.4, 0.5) is 0 Å². The second-order valence-corrected chi connectivity index (χ2v) is 0. The normalized spacial score (nSPS) is 0. The molecule has 24 valence electrons. The molecule has 0 N–H and O–H groups in total. The van der Waals surface area contributed by atoms with Crippen LogP contribution in [0.3, 0.4) is 0 Å². The van der Waals surface area contributed by atoms with Gasteiger partial charge in [-0.1, -0.05) is 0 Å². The Morgan fingerprint density at radius 2 is 0.750 bits per heavy atom. The summed E-state index contributed by atoms with van der Waals surface area (Å²) in [5.41, 5.74) is 0. The van der Waals surface area contributed by atoms with E-state index < -0.39 is 0 Å². The fraction of sp³-hybridized carbons (Fsp3) is 0. The zero-order valence-corrected chi connectivity index (χ0v) is 10.9. The molecule has 0 radical (unpaired) electrons. The van der Waals surface area contributed by atoms with Gasteiger partial charge in [0, 0.05) is 0 Å². The van der Waals surface area contributed by atoms with Gasteiger partial charge in [0.15, 0.2) is 0 Å². The first-order chi connectivity index (χ1) is 0. The Labute approximate surface area is 78.4 Å². The van der Waals surface area contributed by atoms with Gasteiger partial charge < -0.3 is 24.8 Å². The Bertz CT molecular complexity index is 6.00. The standard InChI is InChI=1S/2ClH.H3P.Ra/h2*1H;1H3;/q;;;+2/p-2. The predicted molar refractivity (Wildman–Crippen MR) is 11.1 cm³/mol. The maximum Gasteiger partial charge on any atom is 2.00 e. The average Bonchev–Trinajstić information content (AvgIpc) is 0. The van der Waals surface area contributed by atoms with Crippen molar-refractivity contribution in [3.05, 3.63) is 0 Å². The van der Waals surface area contributed by atoms with Gasteiger partial charge in [0.1, 0.15) is 0 Å². The van der Waals surface area contributed by atoms with Crippen molar-refractivity contribution in [3.63, 3.8) is 0 Å². The van der Waals surface area contributed by atoms with E-state index in [1.165, 1.54) is 0 Å². The molecule has 0 spiro atoms. The van der Waals surface area contributed by atoms with Crippen LogP contribution in [-0.4, -0.2) is 0 Å². The Hall–Kier alpha value is 2.48. The van der Waals surface area contributed by atoms with E-state index in [2.05, 4.69) is 0 Å². The zero-order valence-electron chi connectivity index (χ0n) is 2.17. The van der Waals surface area contributed by atoms with E-state index >= 15 is 0 Å². The van der Waals surface area contributed by atoms with Crippen molar-refractivity contribution >= 4 is 9.90 Å². The topological polar surface area (TPSA) is 0 Å². The van der Waals surface area contributed by atoms with Crippen LogP contribution in [-0.2, 0) is 0 Å². The minimum atomic E-state index is 0. The van der Waals surface area contributed by atoms with Gasteiger partial charge in [0.25, 0.3) is 0 Å². The molecule has 0 aliphatic heterocycles. The van der Waals surface area contributed by atoms with Crippen LogP contribution >= 0.6 is 9.90 Å². The van der Waals surface area contributed by atoms with Crippen LogP contribution in [0.15, 0.2) is 0 Å². The largest absolute Gasteiger partial charge is 2.00 e. The molecule has 0 rings (SSSR count). The third kappa shape index (κ3) is 8.82. The average molecular weight is 331 g/mol. The van der Waals surface area contributed by atoms with Crippen molar-refractivity contribution < 1.29 is 69.8 Å². The molecule has 0 amide bonds. The first-order valence-electron chi connectivity index (χ1n) is 0. The van der Waals surface area contributed by atoms with Crippen LogP contribution in [0.1, 0.15) is 0 Å². The third-order valence-corrected chi connectivity index (χ3v) is 0. The van der Waals surface area contributed by atoms with E-state index in [-0.39, 0.29) is 79.7 Å². The molecule has 0 fully saturated rings. The molecule has 0 saturated carbocycles. The van der Waals surface area contributed by atoms with Gasteiger partial charge in [-0.15, -0.1) is 0 Å². The molecule has 0 aliphatic carbocycles. The van der Waals surface area contributed by atoms with E-state index in [0.717, 1.165) is 0 Å². The quantitative estimate of drug-likeness (QED) is 0.388. The van der Waals surface area contributed by atoms with E-state index in [4.69, 9.17) is 0 Å². The van der Waals surface area contributed by atoms with Crippen molar-refractivity contribution in [2.24, 2.45) is 0 Å². The molecule has 0 aromatic heterocycles. The molecular weight excluding hydrogens is 328 g/mol. The number of halogens is 2. The monoisotopic (exact) mass is 330 g/mol. The zero-order chi connectivity index (χ0) is 0. The van der Waals surface area contributed by atoms with Gasteiger partial charge in [-0.3, -0.25) is 0 Å². The Morgan fingerprint density at radius 1 is 0.750 bits per heavy atom. The Balaban J connectivity index is 0. The molecule has 0 heterocycles. The van der Waals surface area contributed by atoms with Gasteiger partial charge in [-0.2, -0.15) is 9.90 Å². The van der Waals surface area contributed by atoms with Gasteiger partial charge in [0.2, 0.25) is 0 Å². The Kier molecular flexibility index (Phi) is 142. The molecule has 0 aliphatic rings. The summed E-state index contributed by atoms with van der Waals surface area (Å²) in [6.45, 7) is 0. The SMILES string of the molecule is P.[Cl-].[Cl-].[Ra+2]. The summed E-state index contributed by atoms with van der Waals surface area (Å²) in [5.74, 6) is 0. The molecule has 0 saturated heterocycles. The van der Waals surface area contributed by atoms with E-state index in [1.54, 1.807) is 0 Å². The maximum absolute atomic E-state index is 0. The van der Waals surface area contributed by atoms with Gasteiger partial charge in [0.05, 0.1) is 0 Å². The summed E-state index contributed by atoms with van der Waals surface area (Å²) < 4.78 is 0. The minimum absolute atomic E-state index is 0. The second kappa shape index (κ2) is 17.9. The molecule has 4 heteroatoms. The number of hydrogen-bond donors (Lipinski definition) is 0. The van der Waals surface area contributed by atoms with Crippen LogP contribution in [0.2, 0.25) is 0 Å². The minimum Gasteiger partial charge on any atom is -1.00 e. The smallest absolute Gasteiger partial charge is 1.00 e. The van der Waals surface area contributed by atoms with Crippen molar-refractivity contribution in [3.8, 4) is 0 Å². The van der Waals surface area contributed by atoms with Crippen LogP contribution < -0.4 is 24.8 Å². The molecule has 0 nitrogen and oxygen atoms in total. The van der Waals surface area contributed by atoms with E-state index in [0.29, 0.717) is 0 Å². The summed E-state index contributed by atoms with van der Waals surface area (Å²) in [6.07, 6.45) is 0. The second-order valence-electron chi connectivity index (χ2n) is 0. The van der Waals surface area contributed by atoms with Crippen molar-refractivity contribution in [2.45, 2.75) is 0 Å². The maximum atomic E-state index is 0. The molecule has 4 heavy (non-hydrogen) atoms. The molecule has 0 aromatic carbocycles. The van der Waals surface area contributed by atoms with Crippen LogP contribution in [0.5, 0.6) is 0 Å². The molecule has 1 atom stereocenters. The fourth-order valence-electron chi connectivity index (χ4n) is 0. The van der Waals surface area contributed by atoms with E-state index in [9.17, 15) is 0 Å². The predicted octanol–water partition coefficient (Wildman–Crippen LogP) is -5.93. The van der Waals surface area contributed by atoms with Crippen molar-refractivity contribution in [1.82, 2.24) is 0 Å². The summed E-state index contributed by atoms with van der Waals surface area (Å²) >= 11 is 0. The van der Waals surface area contributed by atoms with Gasteiger partial charge in [-0.25, -0.2) is 0 Å². The molecule has 0 aromatic rings. The molecule has 1 unspecified atom stereocenters. The van der Waals surface area contributed by atoms with E-state index in [1.807, 2.05) is 0 Å². The Morgan fingerprint density at radius 3 is 0.750 bits per heavy atom. The first-order valence-corrected chi connectivity index (χ1v) is 0. The van der Waals surface area contributed by atoms with Crippen LogP contribution in [0, 0.1) is 45.0 Å². The third-order valence-electron chi connectivity index (χ3n) is 0. The first kappa shape index (κ1) is 31.7. The van der Waals surface area contributed by atoms with Crippen molar-refractivity contribution in [2.75, 3.05) is 0 Å². The van der Waals surface area contributed by atoms with Gasteiger partial charge in [-0.05, 0) is 0 Å². The summed E-state index contributed by atoms with van der Waals surface area (Å²) in [7, 11) is 0. The van der Waals surface area contributed by atoms with Gasteiger partial charge >= 0.3 is 45.0 Å². The van der Waals surface area contributed by atoms with Crippen molar-refractivity contribution in [1.29, 1.82) is 0 Å². The summed E-state index contributed by atoms with van der Waals surface area (Å²) in [6, 6.07) is 0. The summed E-state index contributed by atoms with van der Waals surface area (Å²) in [4.78, 5) is 0. The fourth-order valence-corrected chi connectivity index (χ4v) is 0.